The number of carbonyl (C=O) groups is 3. The van der Waals surface area contributed by atoms with E-state index in [2.05, 4.69) is 29.4 Å². The number of hydrogen-bond donors (Lipinski definition) is 1. The molecule has 4 rings (SSSR count). The number of carbonyl (C=O) groups excluding carboxylic acids is 3. The molecule has 3 fully saturated rings. The molecule has 3 amide bonds. The molecule has 0 aliphatic carbocycles. The lowest BCUT2D eigenvalue weighted by molar-refractivity contribution is -0.145. The van der Waals surface area contributed by atoms with Crippen LogP contribution < -0.4 is 5.32 Å². The maximum Gasteiger partial charge on any atom is 0.246 e. The zero-order valence-corrected chi connectivity index (χ0v) is 15.6. The highest BCUT2D eigenvalue weighted by molar-refractivity contribution is 7.15. The van der Waals surface area contributed by atoms with Gasteiger partial charge in [-0.1, -0.05) is 25.2 Å². The van der Waals surface area contributed by atoms with E-state index in [9.17, 15) is 14.4 Å². The van der Waals surface area contributed by atoms with Gasteiger partial charge in [0, 0.05) is 5.92 Å². The first-order valence-corrected chi connectivity index (χ1v) is 9.99. The predicted octanol–water partition coefficient (Wildman–Crippen LogP) is 1.54. The maximum absolute atomic E-state index is 12.6. The quantitative estimate of drug-likeness (QED) is 0.754. The minimum absolute atomic E-state index is 0.166. The summed E-state index contributed by atoms with van der Waals surface area (Å²) in [4.78, 5) is 38.5. The molecule has 4 heterocycles. The molecule has 1 aromatic heterocycles. The van der Waals surface area contributed by atoms with Crippen LogP contribution in [-0.2, 0) is 19.1 Å². The Kier molecular flexibility index (Phi) is 4.52. The minimum atomic E-state index is -0.424. The van der Waals surface area contributed by atoms with E-state index in [1.165, 1.54) is 11.3 Å². The van der Waals surface area contributed by atoms with E-state index in [4.69, 9.17) is 4.74 Å². The van der Waals surface area contributed by atoms with Gasteiger partial charge in [-0.25, -0.2) is 0 Å². The van der Waals surface area contributed by atoms with Crippen LogP contribution in [0.2, 0.25) is 0 Å². The molecule has 0 saturated carbocycles. The first-order chi connectivity index (χ1) is 12.5. The number of amides is 3. The lowest BCUT2D eigenvalue weighted by Gasteiger charge is -2.16. The Balaban J connectivity index is 1.40. The zero-order chi connectivity index (χ0) is 18.4. The Labute approximate surface area is 155 Å². The molecule has 0 spiro atoms. The number of imide groups is 1. The first-order valence-electron chi connectivity index (χ1n) is 9.17. The van der Waals surface area contributed by atoms with Gasteiger partial charge in [0.25, 0.3) is 0 Å². The Morgan fingerprint density at radius 2 is 1.81 bits per heavy atom. The molecule has 8 nitrogen and oxygen atoms in total. The summed E-state index contributed by atoms with van der Waals surface area (Å²) in [6.45, 7) is 3.91. The summed E-state index contributed by atoms with van der Waals surface area (Å²) < 4.78 is 5.69. The van der Waals surface area contributed by atoms with E-state index >= 15 is 0 Å². The molecule has 4 atom stereocenters. The summed E-state index contributed by atoms with van der Waals surface area (Å²) in [6, 6.07) is 0. The second-order valence-corrected chi connectivity index (χ2v) is 8.12. The van der Waals surface area contributed by atoms with Crippen molar-refractivity contribution in [1.82, 2.24) is 15.1 Å². The summed E-state index contributed by atoms with van der Waals surface area (Å²) in [5.74, 6) is -1.47. The van der Waals surface area contributed by atoms with Crippen molar-refractivity contribution in [2.75, 3.05) is 11.9 Å². The van der Waals surface area contributed by atoms with Crippen molar-refractivity contribution in [1.29, 1.82) is 0 Å². The van der Waals surface area contributed by atoms with Gasteiger partial charge in [-0.05, 0) is 25.7 Å². The highest BCUT2D eigenvalue weighted by Crippen LogP contribution is 2.48. The Hall–Kier alpha value is -1.87. The standard InChI is InChI=1S/C17H22N4O4S/c1-3-8(4-2)14-19-20-17(26-14)18-11(22)7-21-15(23)12-9-5-6-10(25-9)13(12)16(21)24/h8-10,12-13H,3-7H2,1-2H3,(H,18,20,22)/t9-,10-,12-,13-/m1/s1. The van der Waals surface area contributed by atoms with Crippen LogP contribution in [0.1, 0.15) is 50.5 Å². The fourth-order valence-corrected chi connectivity index (χ4v) is 5.35. The highest BCUT2D eigenvalue weighted by Gasteiger charge is 2.62. The van der Waals surface area contributed by atoms with Gasteiger partial charge in [-0.3, -0.25) is 24.6 Å². The molecule has 3 saturated heterocycles. The average Bonchev–Trinajstić information content (AvgIpc) is 3.38. The van der Waals surface area contributed by atoms with Gasteiger partial charge < -0.3 is 4.74 Å². The molecule has 26 heavy (non-hydrogen) atoms. The maximum atomic E-state index is 12.6. The topological polar surface area (TPSA) is 101 Å². The van der Waals surface area contributed by atoms with Crippen LogP contribution in [0.3, 0.4) is 0 Å². The van der Waals surface area contributed by atoms with Crippen LogP contribution in [0.5, 0.6) is 0 Å². The number of anilines is 1. The summed E-state index contributed by atoms with van der Waals surface area (Å²) in [6.07, 6.45) is 3.22. The molecule has 0 radical (unpaired) electrons. The Morgan fingerprint density at radius 1 is 1.19 bits per heavy atom. The summed E-state index contributed by atoms with van der Waals surface area (Å²) in [5, 5.41) is 12.1. The van der Waals surface area contributed by atoms with Crippen LogP contribution in [0.4, 0.5) is 5.13 Å². The first kappa shape index (κ1) is 17.5. The minimum Gasteiger partial charge on any atom is -0.373 e. The molecule has 0 aromatic carbocycles. The third kappa shape index (κ3) is 2.73. The fraction of sp³-hybridized carbons (Fsp3) is 0.706. The van der Waals surface area contributed by atoms with Crippen LogP contribution >= 0.6 is 11.3 Å². The number of likely N-dealkylation sites (tertiary alicyclic amines) is 1. The molecule has 3 aliphatic rings. The van der Waals surface area contributed by atoms with Crippen molar-refractivity contribution in [2.45, 2.75) is 57.7 Å². The van der Waals surface area contributed by atoms with E-state index in [-0.39, 0.29) is 30.6 Å². The number of hydrogen-bond acceptors (Lipinski definition) is 7. The smallest absolute Gasteiger partial charge is 0.246 e. The monoisotopic (exact) mass is 378 g/mol. The molecule has 9 heteroatoms. The van der Waals surface area contributed by atoms with E-state index in [0.29, 0.717) is 11.0 Å². The van der Waals surface area contributed by atoms with Crippen LogP contribution in [-0.4, -0.2) is 51.6 Å². The second-order valence-electron chi connectivity index (χ2n) is 7.11. The number of fused-ring (bicyclic) bond motifs is 5. The van der Waals surface area contributed by atoms with Gasteiger partial charge in [-0.2, -0.15) is 0 Å². The lowest BCUT2D eigenvalue weighted by atomic mass is 9.81. The third-order valence-corrected chi connectivity index (χ3v) is 6.70. The van der Waals surface area contributed by atoms with Gasteiger partial charge in [0.15, 0.2) is 0 Å². The SMILES string of the molecule is CCC(CC)c1nnc(NC(=O)CN2C(=O)[C@H]3[C@H](C2=O)[C@H]2CC[C@H]3O2)s1. The molecular weight excluding hydrogens is 356 g/mol. The summed E-state index contributed by atoms with van der Waals surface area (Å²) >= 11 is 1.34. The van der Waals surface area contributed by atoms with E-state index in [1.54, 1.807) is 0 Å². The number of nitrogens with one attached hydrogen (secondary N) is 1. The molecule has 3 aliphatic heterocycles. The fourth-order valence-electron chi connectivity index (χ4n) is 4.32. The van der Waals surface area contributed by atoms with Gasteiger partial charge in [0.05, 0.1) is 24.0 Å². The predicted molar refractivity (Wildman–Crippen MR) is 93.5 cm³/mol. The van der Waals surface area contributed by atoms with Gasteiger partial charge in [0.1, 0.15) is 11.6 Å². The summed E-state index contributed by atoms with van der Waals surface area (Å²) in [7, 11) is 0. The third-order valence-electron chi connectivity index (χ3n) is 5.70. The molecule has 1 aromatic rings. The van der Waals surface area contributed by atoms with E-state index < -0.39 is 17.7 Å². The zero-order valence-electron chi connectivity index (χ0n) is 14.8. The number of aromatic nitrogens is 2. The van der Waals surface area contributed by atoms with Crippen molar-refractivity contribution >= 4 is 34.2 Å². The number of nitrogens with zero attached hydrogens (tertiary/aromatic N) is 3. The largest absolute Gasteiger partial charge is 0.373 e. The Bertz CT molecular complexity index is 719. The second kappa shape index (κ2) is 6.70. The Morgan fingerprint density at radius 3 is 2.38 bits per heavy atom. The van der Waals surface area contributed by atoms with Crippen LogP contribution in [0, 0.1) is 11.8 Å². The van der Waals surface area contributed by atoms with E-state index in [1.807, 2.05) is 0 Å². The average molecular weight is 378 g/mol. The molecule has 2 bridgehead atoms. The normalized spacial score (nSPS) is 29.7. The number of rotatable bonds is 6. The molecule has 1 N–H and O–H groups in total. The summed E-state index contributed by atoms with van der Waals surface area (Å²) in [5.41, 5.74) is 0. The van der Waals surface area contributed by atoms with Crippen molar-refractivity contribution in [3.8, 4) is 0 Å². The highest BCUT2D eigenvalue weighted by atomic mass is 32.1. The molecule has 0 unspecified atom stereocenters. The van der Waals surface area contributed by atoms with Crippen molar-refractivity contribution in [2.24, 2.45) is 11.8 Å². The van der Waals surface area contributed by atoms with Crippen molar-refractivity contribution in [3.63, 3.8) is 0 Å². The van der Waals surface area contributed by atoms with Gasteiger partial charge >= 0.3 is 0 Å². The van der Waals surface area contributed by atoms with Gasteiger partial charge in [-0.15, -0.1) is 10.2 Å². The van der Waals surface area contributed by atoms with Crippen LogP contribution in [0.15, 0.2) is 0 Å². The molecular formula is C17H22N4O4S. The van der Waals surface area contributed by atoms with Crippen LogP contribution in [0.25, 0.3) is 0 Å². The van der Waals surface area contributed by atoms with Crippen molar-refractivity contribution < 1.29 is 19.1 Å². The molecule has 140 valence electrons. The number of ether oxygens (including phenoxy) is 1. The van der Waals surface area contributed by atoms with Gasteiger partial charge in [0.2, 0.25) is 22.9 Å². The lowest BCUT2D eigenvalue weighted by Crippen LogP contribution is -2.40. The van der Waals surface area contributed by atoms with E-state index in [0.717, 1.165) is 35.6 Å². The van der Waals surface area contributed by atoms with Crippen molar-refractivity contribution in [3.05, 3.63) is 5.01 Å².